The molecule has 0 amide bonds. The van der Waals surface area contributed by atoms with E-state index in [4.69, 9.17) is 9.84 Å². The van der Waals surface area contributed by atoms with Gasteiger partial charge in [0.2, 0.25) is 0 Å². The molecule has 3 heteroatoms. The van der Waals surface area contributed by atoms with Gasteiger partial charge in [-0.3, -0.25) is 4.79 Å². The van der Waals surface area contributed by atoms with Crippen LogP contribution in [0.2, 0.25) is 0 Å². The lowest BCUT2D eigenvalue weighted by Crippen LogP contribution is -2.21. The number of carbonyl (C=O) groups is 1. The number of methoxy groups -OCH3 is 1. The molecule has 1 saturated carbocycles. The first-order chi connectivity index (χ1) is 9.04. The largest absolute Gasteiger partial charge is 0.496 e. The highest BCUT2D eigenvalue weighted by Gasteiger charge is 2.27. The lowest BCUT2D eigenvalue weighted by atomic mass is 9.77. The first-order valence-corrected chi connectivity index (χ1v) is 6.91. The molecule has 0 aliphatic heterocycles. The van der Waals surface area contributed by atoms with Gasteiger partial charge in [0, 0.05) is 0 Å². The van der Waals surface area contributed by atoms with Gasteiger partial charge in [0.25, 0.3) is 0 Å². The summed E-state index contributed by atoms with van der Waals surface area (Å²) in [5.74, 6) is 0.651. The number of hydrogen-bond donors (Lipinski definition) is 1. The van der Waals surface area contributed by atoms with Crippen LogP contribution in [0, 0.1) is 19.8 Å². The summed E-state index contributed by atoms with van der Waals surface area (Å²) in [5.41, 5.74) is 3.85. The summed E-state index contributed by atoms with van der Waals surface area (Å²) in [7, 11) is 1.69. The van der Waals surface area contributed by atoms with E-state index in [2.05, 4.69) is 19.9 Å². The van der Waals surface area contributed by atoms with E-state index >= 15 is 0 Å². The van der Waals surface area contributed by atoms with E-state index in [9.17, 15) is 4.79 Å². The van der Waals surface area contributed by atoms with E-state index in [1.807, 2.05) is 6.07 Å². The van der Waals surface area contributed by atoms with Crippen LogP contribution in [0.25, 0.3) is 0 Å². The third-order valence-electron chi connectivity index (χ3n) is 4.52. The molecular weight excluding hydrogens is 240 g/mol. The summed E-state index contributed by atoms with van der Waals surface area (Å²) in [6, 6.07) is 4.17. The molecular formula is C16H22O3. The Bertz CT molecular complexity index is 471. The molecule has 0 radical (unpaired) electrons. The van der Waals surface area contributed by atoms with Crippen molar-refractivity contribution < 1.29 is 14.6 Å². The second-order valence-electron chi connectivity index (χ2n) is 5.49. The van der Waals surface area contributed by atoms with Crippen LogP contribution in [-0.2, 0) is 4.79 Å². The van der Waals surface area contributed by atoms with E-state index in [-0.39, 0.29) is 5.92 Å². The Morgan fingerprint density at radius 3 is 2.32 bits per heavy atom. The summed E-state index contributed by atoms with van der Waals surface area (Å²) in [6.07, 6.45) is 3.54. The Labute approximate surface area is 114 Å². The third kappa shape index (κ3) is 2.75. The maximum Gasteiger partial charge on any atom is 0.306 e. The highest BCUT2D eigenvalue weighted by molar-refractivity contribution is 5.70. The SMILES string of the molecule is COc1ccc(C2CCC(C(=O)O)CC2)c(C)c1C. The molecule has 19 heavy (non-hydrogen) atoms. The fourth-order valence-corrected chi connectivity index (χ4v) is 3.13. The molecule has 2 rings (SSSR count). The summed E-state index contributed by atoms with van der Waals surface area (Å²) in [6.45, 7) is 4.22. The number of carboxylic acid groups (broad SMARTS) is 1. The van der Waals surface area contributed by atoms with Crippen LogP contribution in [0.15, 0.2) is 12.1 Å². The van der Waals surface area contributed by atoms with Crippen LogP contribution < -0.4 is 4.74 Å². The van der Waals surface area contributed by atoms with Crippen molar-refractivity contribution in [1.29, 1.82) is 0 Å². The zero-order valence-electron chi connectivity index (χ0n) is 11.9. The van der Waals surface area contributed by atoms with E-state index in [0.29, 0.717) is 5.92 Å². The van der Waals surface area contributed by atoms with Gasteiger partial charge in [-0.25, -0.2) is 0 Å². The molecule has 104 valence electrons. The molecule has 0 heterocycles. The van der Waals surface area contributed by atoms with Crippen molar-refractivity contribution >= 4 is 5.97 Å². The zero-order valence-corrected chi connectivity index (χ0v) is 11.9. The van der Waals surface area contributed by atoms with Gasteiger partial charge in [-0.2, -0.15) is 0 Å². The first kappa shape index (κ1) is 13.9. The van der Waals surface area contributed by atoms with Crippen molar-refractivity contribution in [2.45, 2.75) is 45.4 Å². The van der Waals surface area contributed by atoms with Crippen molar-refractivity contribution in [2.24, 2.45) is 5.92 Å². The smallest absolute Gasteiger partial charge is 0.306 e. The maximum atomic E-state index is 11.0. The van der Waals surface area contributed by atoms with Gasteiger partial charge in [0.1, 0.15) is 5.75 Å². The summed E-state index contributed by atoms with van der Waals surface area (Å²) >= 11 is 0. The topological polar surface area (TPSA) is 46.5 Å². The van der Waals surface area contributed by atoms with Gasteiger partial charge < -0.3 is 9.84 Å². The molecule has 1 aromatic carbocycles. The standard InChI is InChI=1S/C16H22O3/c1-10-11(2)15(19-3)9-8-14(10)12-4-6-13(7-5-12)16(17)18/h8-9,12-13H,4-7H2,1-3H3,(H,17,18). The molecule has 1 aliphatic carbocycles. The Balaban J connectivity index is 2.16. The van der Waals surface area contributed by atoms with Crippen molar-refractivity contribution in [3.8, 4) is 5.75 Å². The fourth-order valence-electron chi connectivity index (χ4n) is 3.13. The van der Waals surface area contributed by atoms with Gasteiger partial charge in [0.05, 0.1) is 13.0 Å². The highest BCUT2D eigenvalue weighted by Crippen LogP contribution is 2.39. The number of aliphatic carboxylic acids is 1. The molecule has 0 atom stereocenters. The normalized spacial score (nSPS) is 23.1. The van der Waals surface area contributed by atoms with Gasteiger partial charge in [0.15, 0.2) is 0 Å². The lowest BCUT2D eigenvalue weighted by Gasteiger charge is -2.28. The van der Waals surface area contributed by atoms with Gasteiger partial charge in [-0.1, -0.05) is 6.07 Å². The number of rotatable bonds is 3. The first-order valence-electron chi connectivity index (χ1n) is 6.91. The van der Waals surface area contributed by atoms with Crippen LogP contribution in [0.1, 0.15) is 48.3 Å². The molecule has 0 unspecified atom stereocenters. The second-order valence-corrected chi connectivity index (χ2v) is 5.49. The molecule has 0 bridgehead atoms. The summed E-state index contributed by atoms with van der Waals surface area (Å²) < 4.78 is 5.34. The predicted molar refractivity (Wildman–Crippen MR) is 74.8 cm³/mol. The minimum Gasteiger partial charge on any atom is -0.496 e. The second kappa shape index (κ2) is 5.64. The number of ether oxygens (including phenoxy) is 1. The maximum absolute atomic E-state index is 11.0. The number of carboxylic acids is 1. The fraction of sp³-hybridized carbons (Fsp3) is 0.562. The molecule has 0 spiro atoms. The van der Waals surface area contributed by atoms with Crippen molar-refractivity contribution in [1.82, 2.24) is 0 Å². The van der Waals surface area contributed by atoms with Crippen molar-refractivity contribution in [3.63, 3.8) is 0 Å². The van der Waals surface area contributed by atoms with Crippen LogP contribution in [-0.4, -0.2) is 18.2 Å². The molecule has 1 fully saturated rings. The van der Waals surface area contributed by atoms with Crippen LogP contribution in [0.5, 0.6) is 5.75 Å². The summed E-state index contributed by atoms with van der Waals surface area (Å²) in [4.78, 5) is 11.0. The predicted octanol–water partition coefficient (Wildman–Crippen LogP) is 3.67. The third-order valence-corrected chi connectivity index (χ3v) is 4.52. The number of benzene rings is 1. The average Bonchev–Trinajstić information content (AvgIpc) is 2.42. The minimum atomic E-state index is -0.638. The zero-order chi connectivity index (χ0) is 14.0. The molecule has 1 N–H and O–H groups in total. The van der Waals surface area contributed by atoms with Crippen LogP contribution >= 0.6 is 0 Å². The number of hydrogen-bond acceptors (Lipinski definition) is 2. The molecule has 1 aliphatic rings. The van der Waals surface area contributed by atoms with Crippen LogP contribution in [0.3, 0.4) is 0 Å². The minimum absolute atomic E-state index is 0.143. The Morgan fingerprint density at radius 1 is 1.16 bits per heavy atom. The summed E-state index contributed by atoms with van der Waals surface area (Å²) in [5, 5.41) is 9.05. The van der Waals surface area contributed by atoms with Crippen molar-refractivity contribution in [2.75, 3.05) is 7.11 Å². The van der Waals surface area contributed by atoms with Crippen molar-refractivity contribution in [3.05, 3.63) is 28.8 Å². The van der Waals surface area contributed by atoms with Gasteiger partial charge in [-0.05, 0) is 68.2 Å². The Hall–Kier alpha value is -1.51. The van der Waals surface area contributed by atoms with Gasteiger partial charge in [-0.15, -0.1) is 0 Å². The monoisotopic (exact) mass is 262 g/mol. The average molecular weight is 262 g/mol. The highest BCUT2D eigenvalue weighted by atomic mass is 16.5. The molecule has 1 aromatic rings. The quantitative estimate of drug-likeness (QED) is 0.904. The Kier molecular flexibility index (Phi) is 4.13. The van der Waals surface area contributed by atoms with Crippen LogP contribution in [0.4, 0.5) is 0 Å². The molecule has 0 saturated heterocycles. The van der Waals surface area contributed by atoms with E-state index < -0.39 is 5.97 Å². The lowest BCUT2D eigenvalue weighted by molar-refractivity contribution is -0.142. The Morgan fingerprint density at radius 2 is 1.79 bits per heavy atom. The van der Waals surface area contributed by atoms with E-state index in [0.717, 1.165) is 31.4 Å². The van der Waals surface area contributed by atoms with E-state index in [1.165, 1.54) is 16.7 Å². The van der Waals surface area contributed by atoms with Gasteiger partial charge >= 0.3 is 5.97 Å². The molecule has 3 nitrogen and oxygen atoms in total. The van der Waals surface area contributed by atoms with E-state index in [1.54, 1.807) is 7.11 Å². The molecule has 0 aromatic heterocycles.